The molecule has 1 aliphatic heterocycles. The number of likely N-dealkylation sites (tertiary alicyclic amines) is 1. The maximum absolute atomic E-state index is 6.13. The number of guanidine groups is 1. The molecular weight excluding hydrogens is 236 g/mol. The van der Waals surface area contributed by atoms with Crippen LogP contribution in [0.15, 0.2) is 4.99 Å². The Balaban J connectivity index is 1.76. The molecule has 1 heterocycles. The summed E-state index contributed by atoms with van der Waals surface area (Å²) in [5, 5.41) is 0. The molecule has 19 heavy (non-hydrogen) atoms. The fraction of sp³-hybridized carbons (Fsp3) is 0.933. The van der Waals surface area contributed by atoms with Crippen molar-refractivity contribution < 1.29 is 0 Å². The maximum Gasteiger partial charge on any atom is 0.191 e. The summed E-state index contributed by atoms with van der Waals surface area (Å²) >= 11 is 0. The van der Waals surface area contributed by atoms with Crippen LogP contribution < -0.4 is 5.73 Å². The van der Waals surface area contributed by atoms with Crippen LogP contribution in [-0.2, 0) is 0 Å². The van der Waals surface area contributed by atoms with Crippen LogP contribution >= 0.6 is 0 Å². The van der Waals surface area contributed by atoms with E-state index in [9.17, 15) is 0 Å². The third kappa shape index (κ3) is 4.68. The number of nitrogens with two attached hydrogens (primary N) is 1. The smallest absolute Gasteiger partial charge is 0.191 e. The van der Waals surface area contributed by atoms with Gasteiger partial charge in [0.1, 0.15) is 0 Å². The first-order chi connectivity index (χ1) is 9.18. The second-order valence-corrected chi connectivity index (χ2v) is 6.20. The molecule has 0 aromatic rings. The Kier molecular flexibility index (Phi) is 5.49. The van der Waals surface area contributed by atoms with E-state index >= 15 is 0 Å². The van der Waals surface area contributed by atoms with Crippen LogP contribution in [0.1, 0.15) is 52.4 Å². The molecule has 2 rings (SSSR count). The van der Waals surface area contributed by atoms with E-state index in [4.69, 9.17) is 5.73 Å². The lowest BCUT2D eigenvalue weighted by atomic mass is 10.2. The molecular formula is C15H30N4. The summed E-state index contributed by atoms with van der Waals surface area (Å²) < 4.78 is 0. The van der Waals surface area contributed by atoms with Crippen molar-refractivity contribution in [1.29, 1.82) is 0 Å². The second kappa shape index (κ2) is 7.13. The average molecular weight is 266 g/mol. The maximum atomic E-state index is 6.13. The van der Waals surface area contributed by atoms with E-state index in [-0.39, 0.29) is 0 Å². The standard InChI is InChI=1S/C15H30N4/c1-13(2)19(14-7-8-14)12-9-17-15(16)18-10-5-3-4-6-11-18/h13-14H,3-12H2,1-2H3,(H2,16,17). The molecule has 0 bridgehead atoms. The first-order valence-electron chi connectivity index (χ1n) is 7.99. The van der Waals surface area contributed by atoms with Crippen LogP contribution in [0.5, 0.6) is 0 Å². The topological polar surface area (TPSA) is 44.9 Å². The molecule has 0 unspecified atom stereocenters. The van der Waals surface area contributed by atoms with Gasteiger partial charge in [0.15, 0.2) is 5.96 Å². The fourth-order valence-corrected chi connectivity index (χ4v) is 2.95. The number of aliphatic imine (C=N–C) groups is 1. The van der Waals surface area contributed by atoms with Gasteiger partial charge in [0.2, 0.25) is 0 Å². The summed E-state index contributed by atoms with van der Waals surface area (Å²) in [6, 6.07) is 1.44. The Labute approximate surface area is 118 Å². The third-order valence-corrected chi connectivity index (χ3v) is 4.24. The third-order valence-electron chi connectivity index (χ3n) is 4.24. The molecule has 1 saturated heterocycles. The summed E-state index contributed by atoms with van der Waals surface area (Å²) in [6.07, 6.45) is 7.93. The average Bonchev–Trinajstić information content (AvgIpc) is 3.19. The number of rotatable bonds is 5. The zero-order chi connectivity index (χ0) is 13.7. The van der Waals surface area contributed by atoms with E-state index < -0.39 is 0 Å². The Hall–Kier alpha value is -0.770. The molecule has 0 radical (unpaired) electrons. The molecule has 1 aliphatic carbocycles. The molecule has 2 fully saturated rings. The van der Waals surface area contributed by atoms with E-state index in [1.165, 1.54) is 38.5 Å². The molecule has 2 N–H and O–H groups in total. The molecule has 0 aromatic heterocycles. The van der Waals surface area contributed by atoms with Gasteiger partial charge < -0.3 is 10.6 Å². The van der Waals surface area contributed by atoms with Gasteiger partial charge in [-0.2, -0.15) is 0 Å². The van der Waals surface area contributed by atoms with Gasteiger partial charge in [-0.15, -0.1) is 0 Å². The highest BCUT2D eigenvalue weighted by molar-refractivity contribution is 5.78. The van der Waals surface area contributed by atoms with Crippen molar-refractivity contribution in [1.82, 2.24) is 9.80 Å². The van der Waals surface area contributed by atoms with Crippen molar-refractivity contribution in [2.75, 3.05) is 26.2 Å². The second-order valence-electron chi connectivity index (χ2n) is 6.20. The molecule has 0 spiro atoms. The van der Waals surface area contributed by atoms with Gasteiger partial charge in [-0.3, -0.25) is 9.89 Å². The minimum atomic E-state index is 0.627. The van der Waals surface area contributed by atoms with E-state index in [1.807, 2.05) is 0 Å². The summed E-state index contributed by atoms with van der Waals surface area (Å²) in [6.45, 7) is 8.63. The summed E-state index contributed by atoms with van der Waals surface area (Å²) in [7, 11) is 0. The molecule has 110 valence electrons. The zero-order valence-corrected chi connectivity index (χ0v) is 12.6. The van der Waals surface area contributed by atoms with Gasteiger partial charge in [-0.05, 0) is 39.5 Å². The summed E-state index contributed by atoms with van der Waals surface area (Å²) in [4.78, 5) is 9.44. The highest BCUT2D eigenvalue weighted by Crippen LogP contribution is 2.28. The minimum absolute atomic E-state index is 0.627. The Morgan fingerprint density at radius 1 is 1.21 bits per heavy atom. The molecule has 1 saturated carbocycles. The number of nitrogens with zero attached hydrogens (tertiary/aromatic N) is 3. The summed E-state index contributed by atoms with van der Waals surface area (Å²) in [5.41, 5.74) is 6.13. The van der Waals surface area contributed by atoms with Crippen molar-refractivity contribution in [2.24, 2.45) is 10.7 Å². The lowest BCUT2D eigenvalue weighted by Gasteiger charge is -2.26. The van der Waals surface area contributed by atoms with E-state index in [0.29, 0.717) is 6.04 Å². The van der Waals surface area contributed by atoms with Gasteiger partial charge in [0, 0.05) is 31.7 Å². The SMILES string of the molecule is CC(C)N(CCN=C(N)N1CCCCCC1)C1CC1. The number of hydrogen-bond acceptors (Lipinski definition) is 2. The van der Waals surface area contributed by atoms with Crippen molar-refractivity contribution in [2.45, 2.75) is 64.5 Å². The molecule has 4 heteroatoms. The van der Waals surface area contributed by atoms with Crippen LogP contribution in [0.2, 0.25) is 0 Å². The van der Waals surface area contributed by atoms with Crippen molar-refractivity contribution in [3.63, 3.8) is 0 Å². The Bertz CT molecular complexity index is 287. The normalized spacial score (nSPS) is 22.1. The highest BCUT2D eigenvalue weighted by atomic mass is 15.3. The highest BCUT2D eigenvalue weighted by Gasteiger charge is 2.30. The predicted molar refractivity (Wildman–Crippen MR) is 81.4 cm³/mol. The van der Waals surface area contributed by atoms with Gasteiger partial charge in [0.05, 0.1) is 6.54 Å². The quantitative estimate of drug-likeness (QED) is 0.612. The lowest BCUT2D eigenvalue weighted by molar-refractivity contribution is 0.217. The molecule has 2 aliphatic rings. The number of hydrogen-bond donors (Lipinski definition) is 1. The first-order valence-corrected chi connectivity index (χ1v) is 7.99. The monoisotopic (exact) mass is 266 g/mol. The van der Waals surface area contributed by atoms with Gasteiger partial charge >= 0.3 is 0 Å². The molecule has 0 atom stereocenters. The van der Waals surface area contributed by atoms with Crippen LogP contribution in [0, 0.1) is 0 Å². The zero-order valence-electron chi connectivity index (χ0n) is 12.6. The van der Waals surface area contributed by atoms with Crippen LogP contribution in [-0.4, -0.2) is 54.0 Å². The lowest BCUT2D eigenvalue weighted by Crippen LogP contribution is -2.39. The van der Waals surface area contributed by atoms with Crippen LogP contribution in [0.3, 0.4) is 0 Å². The predicted octanol–water partition coefficient (Wildman–Crippen LogP) is 2.05. The van der Waals surface area contributed by atoms with E-state index in [2.05, 4.69) is 28.6 Å². The van der Waals surface area contributed by atoms with Gasteiger partial charge in [-0.1, -0.05) is 12.8 Å². The van der Waals surface area contributed by atoms with E-state index in [1.54, 1.807) is 0 Å². The molecule has 4 nitrogen and oxygen atoms in total. The Morgan fingerprint density at radius 2 is 1.84 bits per heavy atom. The molecule has 0 aromatic carbocycles. The van der Waals surface area contributed by atoms with Crippen molar-refractivity contribution >= 4 is 5.96 Å². The van der Waals surface area contributed by atoms with E-state index in [0.717, 1.165) is 38.2 Å². The molecule has 0 amide bonds. The first kappa shape index (κ1) is 14.6. The largest absolute Gasteiger partial charge is 0.370 e. The minimum Gasteiger partial charge on any atom is -0.370 e. The van der Waals surface area contributed by atoms with Crippen molar-refractivity contribution in [3.8, 4) is 0 Å². The van der Waals surface area contributed by atoms with Gasteiger partial charge in [0.25, 0.3) is 0 Å². The van der Waals surface area contributed by atoms with Crippen molar-refractivity contribution in [3.05, 3.63) is 0 Å². The van der Waals surface area contributed by atoms with Gasteiger partial charge in [-0.25, -0.2) is 0 Å². The fourth-order valence-electron chi connectivity index (χ4n) is 2.95. The Morgan fingerprint density at radius 3 is 2.37 bits per heavy atom. The van der Waals surface area contributed by atoms with Crippen LogP contribution in [0.25, 0.3) is 0 Å². The summed E-state index contributed by atoms with van der Waals surface area (Å²) in [5.74, 6) is 0.765. The van der Waals surface area contributed by atoms with Crippen LogP contribution in [0.4, 0.5) is 0 Å².